The zero-order valence-electron chi connectivity index (χ0n) is 11.1. The SMILES string of the molecule is COc1ccc(N)c(C(=O)c2ccc(OC)c(F)c2)c1. The Morgan fingerprint density at radius 1 is 1.10 bits per heavy atom. The quantitative estimate of drug-likeness (QED) is 0.688. The Morgan fingerprint density at radius 3 is 2.45 bits per heavy atom. The first-order chi connectivity index (χ1) is 9.56. The number of nitrogens with two attached hydrogens (primary N) is 1. The van der Waals surface area contributed by atoms with Gasteiger partial charge in [-0.2, -0.15) is 0 Å². The second-order valence-corrected chi connectivity index (χ2v) is 4.13. The van der Waals surface area contributed by atoms with Gasteiger partial charge in [0.25, 0.3) is 0 Å². The Labute approximate surface area is 115 Å². The van der Waals surface area contributed by atoms with E-state index in [2.05, 4.69) is 0 Å². The first-order valence-electron chi connectivity index (χ1n) is 5.88. The number of hydrogen-bond donors (Lipinski definition) is 1. The molecule has 0 atom stereocenters. The highest BCUT2D eigenvalue weighted by molar-refractivity contribution is 6.12. The molecule has 0 unspecified atom stereocenters. The molecule has 0 saturated heterocycles. The van der Waals surface area contributed by atoms with Crippen molar-refractivity contribution in [3.8, 4) is 11.5 Å². The summed E-state index contributed by atoms with van der Waals surface area (Å²) in [4.78, 5) is 12.3. The van der Waals surface area contributed by atoms with Crippen molar-refractivity contribution in [2.75, 3.05) is 20.0 Å². The zero-order valence-corrected chi connectivity index (χ0v) is 11.1. The Balaban J connectivity index is 2.43. The second kappa shape index (κ2) is 5.61. The molecule has 20 heavy (non-hydrogen) atoms. The average Bonchev–Trinajstić information content (AvgIpc) is 2.47. The van der Waals surface area contributed by atoms with E-state index in [1.54, 1.807) is 12.1 Å². The lowest BCUT2D eigenvalue weighted by Crippen LogP contribution is -2.06. The molecular formula is C15H14FNO3. The number of ether oxygens (including phenoxy) is 2. The van der Waals surface area contributed by atoms with Crippen molar-refractivity contribution < 1.29 is 18.7 Å². The highest BCUT2D eigenvalue weighted by Crippen LogP contribution is 2.24. The van der Waals surface area contributed by atoms with Crippen LogP contribution in [0.1, 0.15) is 15.9 Å². The summed E-state index contributed by atoms with van der Waals surface area (Å²) >= 11 is 0. The number of methoxy groups -OCH3 is 2. The van der Waals surface area contributed by atoms with Crippen molar-refractivity contribution in [1.29, 1.82) is 0 Å². The van der Waals surface area contributed by atoms with Crippen LogP contribution in [0.25, 0.3) is 0 Å². The van der Waals surface area contributed by atoms with Crippen LogP contribution >= 0.6 is 0 Å². The number of anilines is 1. The van der Waals surface area contributed by atoms with Crippen LogP contribution < -0.4 is 15.2 Å². The van der Waals surface area contributed by atoms with E-state index in [0.29, 0.717) is 11.4 Å². The largest absolute Gasteiger partial charge is 0.497 e. The Bertz CT molecular complexity index is 656. The van der Waals surface area contributed by atoms with Gasteiger partial charge in [0.1, 0.15) is 5.75 Å². The molecule has 0 aliphatic rings. The number of carbonyl (C=O) groups excluding carboxylic acids is 1. The van der Waals surface area contributed by atoms with E-state index in [4.69, 9.17) is 15.2 Å². The standard InChI is InChI=1S/C15H14FNO3/c1-19-10-4-5-13(17)11(8-10)15(18)9-3-6-14(20-2)12(16)7-9/h3-8H,17H2,1-2H3. The maximum absolute atomic E-state index is 13.6. The molecule has 0 aliphatic heterocycles. The summed E-state index contributed by atoms with van der Waals surface area (Å²) in [5.41, 5.74) is 6.56. The van der Waals surface area contributed by atoms with E-state index in [9.17, 15) is 9.18 Å². The lowest BCUT2D eigenvalue weighted by molar-refractivity contribution is 0.103. The number of benzene rings is 2. The topological polar surface area (TPSA) is 61.5 Å². The summed E-state index contributed by atoms with van der Waals surface area (Å²) in [5, 5.41) is 0. The highest BCUT2D eigenvalue weighted by atomic mass is 19.1. The Hall–Kier alpha value is -2.56. The molecule has 0 aromatic heterocycles. The number of hydrogen-bond acceptors (Lipinski definition) is 4. The van der Waals surface area contributed by atoms with E-state index < -0.39 is 5.82 Å². The van der Waals surface area contributed by atoms with Crippen LogP contribution in [0.5, 0.6) is 11.5 Å². The lowest BCUT2D eigenvalue weighted by atomic mass is 10.0. The zero-order chi connectivity index (χ0) is 14.7. The third kappa shape index (κ3) is 2.56. The van der Waals surface area contributed by atoms with Gasteiger partial charge in [-0.25, -0.2) is 4.39 Å². The van der Waals surface area contributed by atoms with E-state index in [1.165, 1.54) is 32.4 Å². The first kappa shape index (κ1) is 13.9. The molecular weight excluding hydrogens is 261 g/mol. The monoisotopic (exact) mass is 275 g/mol. The Morgan fingerprint density at radius 2 is 1.85 bits per heavy atom. The molecule has 104 valence electrons. The van der Waals surface area contributed by atoms with Gasteiger partial charge in [0.05, 0.1) is 14.2 Å². The minimum atomic E-state index is -0.597. The van der Waals surface area contributed by atoms with Crippen molar-refractivity contribution in [1.82, 2.24) is 0 Å². The number of halogens is 1. The van der Waals surface area contributed by atoms with Crippen LogP contribution in [-0.4, -0.2) is 20.0 Å². The second-order valence-electron chi connectivity index (χ2n) is 4.13. The van der Waals surface area contributed by atoms with Crippen LogP contribution in [0.15, 0.2) is 36.4 Å². The molecule has 4 nitrogen and oxygen atoms in total. The van der Waals surface area contributed by atoms with Crippen molar-refractivity contribution >= 4 is 11.5 Å². The first-order valence-corrected chi connectivity index (χ1v) is 5.88. The molecule has 0 amide bonds. The van der Waals surface area contributed by atoms with Crippen LogP contribution in [0.4, 0.5) is 10.1 Å². The van der Waals surface area contributed by atoms with Gasteiger partial charge in [-0.05, 0) is 36.4 Å². The molecule has 0 bridgehead atoms. The van der Waals surface area contributed by atoms with Crippen molar-refractivity contribution in [2.45, 2.75) is 0 Å². The molecule has 0 aliphatic carbocycles. The van der Waals surface area contributed by atoms with E-state index in [1.807, 2.05) is 0 Å². The van der Waals surface area contributed by atoms with E-state index >= 15 is 0 Å². The predicted octanol–water partition coefficient (Wildman–Crippen LogP) is 2.66. The molecule has 2 N–H and O–H groups in total. The normalized spacial score (nSPS) is 10.2. The van der Waals surface area contributed by atoms with E-state index in [0.717, 1.165) is 6.07 Å². The van der Waals surface area contributed by atoms with Crippen LogP contribution in [0, 0.1) is 5.82 Å². The van der Waals surface area contributed by atoms with Gasteiger partial charge in [0, 0.05) is 16.8 Å². The van der Waals surface area contributed by atoms with Crippen molar-refractivity contribution in [3.05, 3.63) is 53.3 Å². The van der Waals surface area contributed by atoms with Gasteiger partial charge in [0.15, 0.2) is 17.3 Å². The van der Waals surface area contributed by atoms with Crippen LogP contribution in [0.3, 0.4) is 0 Å². The maximum Gasteiger partial charge on any atom is 0.195 e. The molecule has 0 radical (unpaired) electrons. The smallest absolute Gasteiger partial charge is 0.195 e. The summed E-state index contributed by atoms with van der Waals surface area (Å²) in [6.45, 7) is 0. The molecule has 2 aromatic rings. The van der Waals surface area contributed by atoms with Crippen molar-refractivity contribution in [2.24, 2.45) is 0 Å². The minimum absolute atomic E-state index is 0.0835. The molecule has 0 saturated carbocycles. The minimum Gasteiger partial charge on any atom is -0.497 e. The van der Waals surface area contributed by atoms with Gasteiger partial charge in [0.2, 0.25) is 0 Å². The van der Waals surface area contributed by atoms with Crippen molar-refractivity contribution in [3.63, 3.8) is 0 Å². The summed E-state index contributed by atoms with van der Waals surface area (Å²) in [5.74, 6) is -0.375. The molecule has 5 heteroatoms. The summed E-state index contributed by atoms with van der Waals surface area (Å²) in [6.07, 6.45) is 0. The van der Waals surface area contributed by atoms with Gasteiger partial charge < -0.3 is 15.2 Å². The summed E-state index contributed by atoms with van der Waals surface area (Å²) in [7, 11) is 2.85. The van der Waals surface area contributed by atoms with Gasteiger partial charge >= 0.3 is 0 Å². The predicted molar refractivity (Wildman–Crippen MR) is 73.8 cm³/mol. The highest BCUT2D eigenvalue weighted by Gasteiger charge is 2.15. The fourth-order valence-corrected chi connectivity index (χ4v) is 1.82. The van der Waals surface area contributed by atoms with Gasteiger partial charge in [-0.3, -0.25) is 4.79 Å². The van der Waals surface area contributed by atoms with Gasteiger partial charge in [-0.1, -0.05) is 0 Å². The fraction of sp³-hybridized carbons (Fsp3) is 0.133. The molecule has 0 spiro atoms. The average molecular weight is 275 g/mol. The summed E-state index contributed by atoms with van der Waals surface area (Å²) < 4.78 is 23.5. The maximum atomic E-state index is 13.6. The number of rotatable bonds is 4. The summed E-state index contributed by atoms with van der Waals surface area (Å²) in [6, 6.07) is 8.77. The number of nitrogen functional groups attached to an aromatic ring is 1. The molecule has 0 heterocycles. The molecule has 0 fully saturated rings. The fourth-order valence-electron chi connectivity index (χ4n) is 1.82. The third-order valence-electron chi connectivity index (χ3n) is 2.92. The van der Waals surface area contributed by atoms with Crippen LogP contribution in [-0.2, 0) is 0 Å². The van der Waals surface area contributed by atoms with Crippen LogP contribution in [0.2, 0.25) is 0 Å². The van der Waals surface area contributed by atoms with E-state index in [-0.39, 0.29) is 22.7 Å². The number of carbonyl (C=O) groups is 1. The molecule has 2 rings (SSSR count). The lowest BCUT2D eigenvalue weighted by Gasteiger charge is -2.08. The van der Waals surface area contributed by atoms with Gasteiger partial charge in [-0.15, -0.1) is 0 Å². The Kier molecular flexibility index (Phi) is 3.89. The molecule has 2 aromatic carbocycles. The number of ketones is 1. The third-order valence-corrected chi connectivity index (χ3v) is 2.92.